The Morgan fingerprint density at radius 1 is 1.50 bits per heavy atom. The summed E-state index contributed by atoms with van der Waals surface area (Å²) in [7, 11) is 0. The fourth-order valence-corrected chi connectivity index (χ4v) is 2.26. The first kappa shape index (κ1) is 14.9. The van der Waals surface area contributed by atoms with E-state index in [1.165, 1.54) is 0 Å². The lowest BCUT2D eigenvalue weighted by Crippen LogP contribution is -2.52. The predicted molar refractivity (Wildman–Crippen MR) is 68.0 cm³/mol. The average molecular weight is 257 g/mol. The minimum absolute atomic E-state index is 0.000161. The van der Waals surface area contributed by atoms with Crippen molar-refractivity contribution in [2.75, 3.05) is 0 Å². The molecule has 18 heavy (non-hydrogen) atoms. The molecule has 0 aromatic heterocycles. The van der Waals surface area contributed by atoms with Crippen LogP contribution in [-0.2, 0) is 9.53 Å². The Hall–Kier alpha value is -1.14. The quantitative estimate of drug-likeness (QED) is 0.684. The summed E-state index contributed by atoms with van der Waals surface area (Å²) in [6, 6.07) is -0.125. The molecule has 0 saturated carbocycles. The van der Waals surface area contributed by atoms with Gasteiger partial charge in [-0.3, -0.25) is 10.1 Å². The van der Waals surface area contributed by atoms with Crippen LogP contribution in [0.5, 0.6) is 0 Å². The van der Waals surface area contributed by atoms with E-state index in [9.17, 15) is 9.59 Å². The van der Waals surface area contributed by atoms with Gasteiger partial charge < -0.3 is 15.8 Å². The van der Waals surface area contributed by atoms with Gasteiger partial charge in [-0.2, -0.15) is 0 Å². The van der Waals surface area contributed by atoms with E-state index in [1.807, 2.05) is 5.32 Å². The lowest BCUT2D eigenvalue weighted by Gasteiger charge is -2.36. The summed E-state index contributed by atoms with van der Waals surface area (Å²) >= 11 is 0. The zero-order valence-corrected chi connectivity index (χ0v) is 11.2. The van der Waals surface area contributed by atoms with Gasteiger partial charge in [0.15, 0.2) is 0 Å². The summed E-state index contributed by atoms with van der Waals surface area (Å²) < 4.78 is 5.72. The Bertz CT molecular complexity index is 309. The number of carbonyl (C=O) groups is 2. The minimum Gasteiger partial charge on any atom is -0.364 e. The van der Waals surface area contributed by atoms with Crippen molar-refractivity contribution < 1.29 is 14.3 Å². The third-order valence-electron chi connectivity index (χ3n) is 3.27. The summed E-state index contributed by atoms with van der Waals surface area (Å²) in [5, 5.41) is 5.48. The lowest BCUT2D eigenvalue weighted by molar-refractivity contribution is -0.136. The Labute approximate surface area is 108 Å². The molecule has 1 fully saturated rings. The number of hydrogen-bond donors (Lipinski definition) is 3. The first-order valence-corrected chi connectivity index (χ1v) is 6.45. The van der Waals surface area contributed by atoms with Crippen LogP contribution in [0.15, 0.2) is 0 Å². The summed E-state index contributed by atoms with van der Waals surface area (Å²) in [6.07, 6.45) is 2.21. The fourth-order valence-electron chi connectivity index (χ4n) is 2.26. The third kappa shape index (κ3) is 4.27. The van der Waals surface area contributed by atoms with Gasteiger partial charge in [-0.05, 0) is 33.1 Å². The van der Waals surface area contributed by atoms with E-state index in [-0.39, 0.29) is 12.1 Å². The second kappa shape index (κ2) is 6.70. The molecule has 0 radical (unpaired) electrons. The van der Waals surface area contributed by atoms with Crippen LogP contribution in [0, 0.1) is 0 Å². The lowest BCUT2D eigenvalue weighted by atomic mass is 9.94. The molecule has 0 spiro atoms. The van der Waals surface area contributed by atoms with E-state index in [0.717, 1.165) is 19.3 Å². The molecule has 0 bridgehead atoms. The van der Waals surface area contributed by atoms with Crippen LogP contribution in [0.1, 0.15) is 40.0 Å². The summed E-state index contributed by atoms with van der Waals surface area (Å²) in [5.41, 5.74) is 4.90. The van der Waals surface area contributed by atoms with Crippen molar-refractivity contribution in [2.24, 2.45) is 5.73 Å². The Kier molecular flexibility index (Phi) is 5.55. The number of hydrogen-bond acceptors (Lipinski definition) is 4. The number of urea groups is 1. The number of primary amides is 1. The molecule has 4 atom stereocenters. The molecule has 1 rings (SSSR count). The molecule has 6 heteroatoms. The van der Waals surface area contributed by atoms with Gasteiger partial charge in [-0.25, -0.2) is 4.79 Å². The maximum Gasteiger partial charge on any atom is 0.318 e. The highest BCUT2D eigenvalue weighted by Crippen LogP contribution is 2.20. The van der Waals surface area contributed by atoms with E-state index in [2.05, 4.69) is 19.2 Å². The second-order valence-electron chi connectivity index (χ2n) is 4.83. The number of nitrogens with two attached hydrogens (primary N) is 1. The van der Waals surface area contributed by atoms with Crippen LogP contribution < -0.4 is 16.4 Å². The van der Waals surface area contributed by atoms with Crippen LogP contribution in [0.2, 0.25) is 0 Å². The zero-order valence-electron chi connectivity index (χ0n) is 11.2. The van der Waals surface area contributed by atoms with Crippen molar-refractivity contribution >= 4 is 11.9 Å². The predicted octanol–water partition coefficient (Wildman–Crippen LogP) is 0.506. The molecule has 0 aromatic carbocycles. The maximum absolute atomic E-state index is 11.5. The largest absolute Gasteiger partial charge is 0.364 e. The van der Waals surface area contributed by atoms with E-state index >= 15 is 0 Å². The zero-order chi connectivity index (χ0) is 13.7. The molecule has 4 N–H and O–H groups in total. The fraction of sp³-hybridized carbons (Fsp3) is 0.833. The van der Waals surface area contributed by atoms with Crippen LogP contribution >= 0.6 is 0 Å². The van der Waals surface area contributed by atoms with Crippen molar-refractivity contribution in [3.8, 4) is 0 Å². The molecular weight excluding hydrogens is 234 g/mol. The number of piperidine rings is 1. The number of amides is 3. The average Bonchev–Trinajstić information content (AvgIpc) is 2.30. The second-order valence-corrected chi connectivity index (χ2v) is 4.83. The first-order valence-electron chi connectivity index (χ1n) is 6.45. The standard InChI is InChI=1S/C12H23N3O3/c1-4-9-10(6-5-7(2)14-9)18-8(3)11(16)15-12(13)17/h7-10,14H,4-6H2,1-3H3,(H3,13,15,16,17). The molecule has 3 amide bonds. The van der Waals surface area contributed by atoms with Crippen molar-refractivity contribution in [2.45, 2.75) is 64.3 Å². The van der Waals surface area contributed by atoms with Crippen molar-refractivity contribution in [3.05, 3.63) is 0 Å². The van der Waals surface area contributed by atoms with Crippen molar-refractivity contribution in [3.63, 3.8) is 0 Å². The minimum atomic E-state index is -0.849. The number of rotatable bonds is 4. The highest BCUT2D eigenvalue weighted by Gasteiger charge is 2.30. The van der Waals surface area contributed by atoms with Crippen LogP contribution in [0.4, 0.5) is 4.79 Å². The Balaban J connectivity index is 2.49. The number of carbonyl (C=O) groups excluding carboxylic acids is 2. The van der Waals surface area contributed by atoms with Crippen molar-refractivity contribution in [1.82, 2.24) is 10.6 Å². The number of ether oxygens (including phenoxy) is 1. The molecule has 1 saturated heterocycles. The molecule has 1 aliphatic heterocycles. The van der Waals surface area contributed by atoms with Crippen LogP contribution in [-0.4, -0.2) is 36.2 Å². The smallest absolute Gasteiger partial charge is 0.318 e. The van der Waals surface area contributed by atoms with Gasteiger partial charge in [0.1, 0.15) is 6.10 Å². The summed E-state index contributed by atoms with van der Waals surface area (Å²) in [5.74, 6) is -0.490. The van der Waals surface area contributed by atoms with Gasteiger partial charge in [0, 0.05) is 12.1 Å². The topological polar surface area (TPSA) is 93.4 Å². The van der Waals surface area contributed by atoms with Crippen molar-refractivity contribution in [1.29, 1.82) is 0 Å². The van der Waals surface area contributed by atoms with Gasteiger partial charge >= 0.3 is 6.03 Å². The summed E-state index contributed by atoms with van der Waals surface area (Å²) in [4.78, 5) is 22.1. The molecule has 104 valence electrons. The Morgan fingerprint density at radius 3 is 2.72 bits per heavy atom. The maximum atomic E-state index is 11.5. The summed E-state index contributed by atoms with van der Waals surface area (Å²) in [6.45, 7) is 5.85. The number of imide groups is 1. The van der Waals surface area contributed by atoms with E-state index in [1.54, 1.807) is 6.92 Å². The first-order chi connectivity index (χ1) is 8.43. The molecule has 1 heterocycles. The molecule has 0 aromatic rings. The van der Waals surface area contributed by atoms with Gasteiger partial charge in [0.2, 0.25) is 0 Å². The van der Waals surface area contributed by atoms with E-state index in [4.69, 9.17) is 10.5 Å². The van der Waals surface area contributed by atoms with Crippen LogP contribution in [0.3, 0.4) is 0 Å². The molecular formula is C12H23N3O3. The molecule has 0 aliphatic carbocycles. The van der Waals surface area contributed by atoms with Crippen LogP contribution in [0.25, 0.3) is 0 Å². The Morgan fingerprint density at radius 2 is 2.17 bits per heavy atom. The third-order valence-corrected chi connectivity index (χ3v) is 3.27. The SMILES string of the molecule is CCC1NC(C)CCC1OC(C)C(=O)NC(N)=O. The van der Waals surface area contributed by atoms with Gasteiger partial charge in [-0.1, -0.05) is 6.92 Å². The van der Waals surface area contributed by atoms with Gasteiger partial charge in [-0.15, -0.1) is 0 Å². The highest BCUT2D eigenvalue weighted by atomic mass is 16.5. The van der Waals surface area contributed by atoms with E-state index < -0.39 is 18.0 Å². The monoisotopic (exact) mass is 257 g/mol. The normalized spacial score (nSPS) is 29.6. The molecule has 1 aliphatic rings. The highest BCUT2D eigenvalue weighted by molar-refractivity contribution is 5.95. The molecule has 4 unspecified atom stereocenters. The molecule has 6 nitrogen and oxygen atoms in total. The number of nitrogens with one attached hydrogen (secondary N) is 2. The van der Waals surface area contributed by atoms with E-state index in [0.29, 0.717) is 6.04 Å². The van der Waals surface area contributed by atoms with Gasteiger partial charge in [0.25, 0.3) is 5.91 Å². The van der Waals surface area contributed by atoms with Gasteiger partial charge in [0.05, 0.1) is 6.10 Å².